The third kappa shape index (κ3) is 3.38. The van der Waals surface area contributed by atoms with E-state index in [4.69, 9.17) is 11.6 Å². The van der Waals surface area contributed by atoms with Crippen LogP contribution in [0.2, 0.25) is 5.15 Å². The Balaban J connectivity index is 0.00000128. The van der Waals surface area contributed by atoms with E-state index in [0.29, 0.717) is 5.15 Å². The summed E-state index contributed by atoms with van der Waals surface area (Å²) in [4.78, 5) is 10.8. The summed E-state index contributed by atoms with van der Waals surface area (Å²) >= 11 is 7.45. The lowest BCUT2D eigenvalue weighted by atomic mass is 10.3. The molecule has 0 spiro atoms. The molecule has 4 nitrogen and oxygen atoms in total. The number of aromatic nitrogens is 2. The van der Waals surface area contributed by atoms with Crippen molar-refractivity contribution in [1.82, 2.24) is 15.3 Å². The quantitative estimate of drug-likeness (QED) is 0.507. The van der Waals surface area contributed by atoms with Gasteiger partial charge in [0.15, 0.2) is 5.16 Å². The Bertz CT molecular complexity index is 344. The van der Waals surface area contributed by atoms with Crippen molar-refractivity contribution < 1.29 is 0 Å². The maximum atomic E-state index is 5.94. The molecule has 1 saturated heterocycles. The van der Waals surface area contributed by atoms with Gasteiger partial charge in [0.1, 0.15) is 11.0 Å². The molecule has 1 aromatic rings. The second-order valence-corrected chi connectivity index (χ2v) is 4.43. The Hall–Kier alpha value is -0.230. The van der Waals surface area contributed by atoms with E-state index >= 15 is 0 Å². The Morgan fingerprint density at radius 1 is 1.38 bits per heavy atom. The van der Waals surface area contributed by atoms with Gasteiger partial charge in [0.05, 0.1) is 0 Å². The molecule has 0 aliphatic carbocycles. The number of nitrogens with one attached hydrogen (secondary N) is 1. The van der Waals surface area contributed by atoms with Crippen LogP contribution in [0.3, 0.4) is 0 Å². The summed E-state index contributed by atoms with van der Waals surface area (Å²) in [5, 5.41) is 4.55. The lowest BCUT2D eigenvalue weighted by Gasteiger charge is -2.28. The molecule has 0 atom stereocenters. The first-order chi connectivity index (χ1) is 7.29. The number of hydrogen-bond acceptors (Lipinski definition) is 5. The zero-order valence-electron chi connectivity index (χ0n) is 8.94. The second kappa shape index (κ2) is 6.49. The van der Waals surface area contributed by atoms with Gasteiger partial charge in [-0.2, -0.15) is 0 Å². The Morgan fingerprint density at radius 2 is 2.06 bits per heavy atom. The van der Waals surface area contributed by atoms with E-state index in [9.17, 15) is 0 Å². The summed E-state index contributed by atoms with van der Waals surface area (Å²) in [6, 6.07) is 1.83. The Labute approximate surface area is 111 Å². The van der Waals surface area contributed by atoms with Gasteiger partial charge < -0.3 is 10.2 Å². The van der Waals surface area contributed by atoms with Gasteiger partial charge in [0.2, 0.25) is 0 Å². The molecule has 7 heteroatoms. The highest BCUT2D eigenvalue weighted by Crippen LogP contribution is 2.20. The monoisotopic (exact) mass is 280 g/mol. The van der Waals surface area contributed by atoms with Gasteiger partial charge in [-0.15, -0.1) is 12.4 Å². The van der Waals surface area contributed by atoms with Crippen molar-refractivity contribution >= 4 is 41.6 Å². The van der Waals surface area contributed by atoms with E-state index in [2.05, 4.69) is 20.2 Å². The predicted molar refractivity (Wildman–Crippen MR) is 71.2 cm³/mol. The van der Waals surface area contributed by atoms with Crippen molar-refractivity contribution in [3.63, 3.8) is 0 Å². The fourth-order valence-electron chi connectivity index (χ4n) is 1.53. The molecule has 0 saturated carbocycles. The van der Waals surface area contributed by atoms with Crippen LogP contribution in [-0.4, -0.2) is 42.4 Å². The van der Waals surface area contributed by atoms with Crippen LogP contribution in [0.1, 0.15) is 0 Å². The predicted octanol–water partition coefficient (Wildman–Crippen LogP) is 1.68. The molecule has 1 fully saturated rings. The van der Waals surface area contributed by atoms with Crippen LogP contribution < -0.4 is 10.2 Å². The van der Waals surface area contributed by atoms with Gasteiger partial charge in [-0.25, -0.2) is 9.97 Å². The first-order valence-electron chi connectivity index (χ1n) is 4.84. The maximum absolute atomic E-state index is 5.94. The van der Waals surface area contributed by atoms with E-state index in [1.165, 1.54) is 11.8 Å². The van der Waals surface area contributed by atoms with Crippen molar-refractivity contribution in [2.45, 2.75) is 5.16 Å². The van der Waals surface area contributed by atoms with Crippen LogP contribution in [0.4, 0.5) is 5.82 Å². The standard InChI is InChI=1S/C9H13ClN4S.ClH/c1-15-9-12-7(10)6-8(13-9)14-4-2-11-3-5-14;/h6,11H,2-5H2,1H3;1H. The molecule has 16 heavy (non-hydrogen) atoms. The molecule has 1 aliphatic rings. The van der Waals surface area contributed by atoms with Crippen LogP contribution in [0.25, 0.3) is 0 Å². The zero-order valence-corrected chi connectivity index (χ0v) is 11.3. The molecule has 2 rings (SSSR count). The molecule has 0 aromatic carbocycles. The summed E-state index contributed by atoms with van der Waals surface area (Å²) in [7, 11) is 0. The Morgan fingerprint density at radius 3 is 2.69 bits per heavy atom. The largest absolute Gasteiger partial charge is 0.354 e. The second-order valence-electron chi connectivity index (χ2n) is 3.27. The van der Waals surface area contributed by atoms with Crippen molar-refractivity contribution in [3.05, 3.63) is 11.2 Å². The highest BCUT2D eigenvalue weighted by molar-refractivity contribution is 7.98. The molecule has 2 heterocycles. The number of rotatable bonds is 2. The topological polar surface area (TPSA) is 41.1 Å². The number of halogens is 2. The smallest absolute Gasteiger partial charge is 0.190 e. The molecule has 0 amide bonds. The number of anilines is 1. The van der Waals surface area contributed by atoms with E-state index in [0.717, 1.165) is 37.2 Å². The molecule has 1 aliphatic heterocycles. The highest BCUT2D eigenvalue weighted by atomic mass is 35.5. The van der Waals surface area contributed by atoms with Gasteiger partial charge in [0.25, 0.3) is 0 Å². The SMILES string of the molecule is CSc1nc(Cl)cc(N2CCNCC2)n1.Cl. The lowest BCUT2D eigenvalue weighted by molar-refractivity contribution is 0.582. The molecule has 0 radical (unpaired) electrons. The number of piperazine rings is 1. The molecule has 1 N–H and O–H groups in total. The molecule has 0 unspecified atom stereocenters. The fraction of sp³-hybridized carbons (Fsp3) is 0.556. The lowest BCUT2D eigenvalue weighted by Crippen LogP contribution is -2.43. The highest BCUT2D eigenvalue weighted by Gasteiger charge is 2.13. The van der Waals surface area contributed by atoms with E-state index in [1.807, 2.05) is 12.3 Å². The van der Waals surface area contributed by atoms with Crippen LogP contribution in [0.5, 0.6) is 0 Å². The minimum Gasteiger partial charge on any atom is -0.354 e. The van der Waals surface area contributed by atoms with Gasteiger partial charge in [-0.3, -0.25) is 0 Å². The summed E-state index contributed by atoms with van der Waals surface area (Å²) in [6.07, 6.45) is 1.95. The van der Waals surface area contributed by atoms with E-state index in [1.54, 1.807) is 0 Å². The van der Waals surface area contributed by atoms with Crippen molar-refractivity contribution in [2.75, 3.05) is 37.3 Å². The average Bonchev–Trinajstić information content (AvgIpc) is 2.29. The first kappa shape index (κ1) is 13.8. The fourth-order valence-corrected chi connectivity index (χ4v) is 2.13. The summed E-state index contributed by atoms with van der Waals surface area (Å²) < 4.78 is 0. The van der Waals surface area contributed by atoms with Crippen molar-refractivity contribution in [1.29, 1.82) is 0 Å². The number of hydrogen-bond donors (Lipinski definition) is 1. The average molecular weight is 281 g/mol. The van der Waals surface area contributed by atoms with Gasteiger partial charge in [0, 0.05) is 32.2 Å². The third-order valence-corrected chi connectivity index (χ3v) is 3.03. The van der Waals surface area contributed by atoms with Crippen LogP contribution in [-0.2, 0) is 0 Å². The molecule has 1 aromatic heterocycles. The van der Waals surface area contributed by atoms with Crippen molar-refractivity contribution in [2.24, 2.45) is 0 Å². The van der Waals surface area contributed by atoms with Crippen LogP contribution in [0.15, 0.2) is 11.2 Å². The number of thioether (sulfide) groups is 1. The maximum Gasteiger partial charge on any atom is 0.190 e. The summed E-state index contributed by atoms with van der Waals surface area (Å²) in [5.74, 6) is 0.931. The van der Waals surface area contributed by atoms with Crippen molar-refractivity contribution in [3.8, 4) is 0 Å². The molecular formula is C9H14Cl2N4S. The van der Waals surface area contributed by atoms with Gasteiger partial charge in [-0.1, -0.05) is 23.4 Å². The van der Waals surface area contributed by atoms with E-state index in [-0.39, 0.29) is 12.4 Å². The van der Waals surface area contributed by atoms with Crippen LogP contribution in [0, 0.1) is 0 Å². The molecule has 0 bridgehead atoms. The first-order valence-corrected chi connectivity index (χ1v) is 6.44. The van der Waals surface area contributed by atoms with Gasteiger partial charge >= 0.3 is 0 Å². The Kier molecular flexibility index (Phi) is 5.61. The number of nitrogens with zero attached hydrogens (tertiary/aromatic N) is 3. The summed E-state index contributed by atoms with van der Waals surface area (Å²) in [5.41, 5.74) is 0. The summed E-state index contributed by atoms with van der Waals surface area (Å²) in [6.45, 7) is 3.94. The third-order valence-electron chi connectivity index (χ3n) is 2.28. The van der Waals surface area contributed by atoms with E-state index < -0.39 is 0 Å². The van der Waals surface area contributed by atoms with Crippen LogP contribution >= 0.6 is 35.8 Å². The van der Waals surface area contributed by atoms with Gasteiger partial charge in [-0.05, 0) is 6.26 Å². The normalized spacial score (nSPS) is 15.8. The zero-order chi connectivity index (χ0) is 10.7. The minimum atomic E-state index is 0. The molecule has 90 valence electrons. The molecular weight excluding hydrogens is 267 g/mol. The minimum absolute atomic E-state index is 0.